The number of guanidine groups is 1. The maximum absolute atomic E-state index is 5.54. The van der Waals surface area contributed by atoms with Crippen molar-refractivity contribution in [2.45, 2.75) is 31.7 Å². The average Bonchev–Trinajstić information content (AvgIpc) is 2.67. The maximum atomic E-state index is 5.54. The standard InChI is InChI=1S/C20H34N4O2/c1-5-21-19(22-13-10-17-6-8-18(25-4)9-7-17)23-16-20(24(2)3)11-14-26-15-12-20/h6-9H,5,10-16H2,1-4H3,(H2,21,22,23). The van der Waals surface area contributed by atoms with Crippen LogP contribution in [0.25, 0.3) is 0 Å². The smallest absolute Gasteiger partial charge is 0.191 e. The molecule has 1 aliphatic rings. The number of likely N-dealkylation sites (N-methyl/N-ethyl adjacent to an activating group) is 1. The summed E-state index contributed by atoms with van der Waals surface area (Å²) >= 11 is 0. The molecule has 0 bridgehead atoms. The Balaban J connectivity index is 1.90. The quantitative estimate of drug-likeness (QED) is 0.546. The van der Waals surface area contributed by atoms with E-state index < -0.39 is 0 Å². The second-order valence-corrected chi connectivity index (χ2v) is 6.95. The number of aliphatic imine (C=N–C) groups is 1. The van der Waals surface area contributed by atoms with Crippen LogP contribution < -0.4 is 15.4 Å². The molecule has 26 heavy (non-hydrogen) atoms. The minimum absolute atomic E-state index is 0.0938. The topological polar surface area (TPSA) is 58.1 Å². The average molecular weight is 363 g/mol. The molecule has 2 rings (SSSR count). The van der Waals surface area contributed by atoms with Crippen LogP contribution in [-0.2, 0) is 11.2 Å². The lowest BCUT2D eigenvalue weighted by Gasteiger charge is -2.41. The van der Waals surface area contributed by atoms with Gasteiger partial charge in [-0.2, -0.15) is 0 Å². The molecule has 0 spiro atoms. The van der Waals surface area contributed by atoms with Crippen molar-refractivity contribution in [2.75, 3.05) is 54.1 Å². The molecule has 2 N–H and O–H groups in total. The van der Waals surface area contributed by atoms with Crippen LogP contribution in [0.2, 0.25) is 0 Å². The molecular formula is C20H34N4O2. The number of rotatable bonds is 8. The first-order chi connectivity index (χ1) is 12.6. The van der Waals surface area contributed by atoms with Crippen molar-refractivity contribution in [1.82, 2.24) is 15.5 Å². The molecule has 6 nitrogen and oxygen atoms in total. The minimum Gasteiger partial charge on any atom is -0.497 e. The number of methoxy groups -OCH3 is 1. The lowest BCUT2D eigenvalue weighted by atomic mass is 9.89. The van der Waals surface area contributed by atoms with Gasteiger partial charge in [0.25, 0.3) is 0 Å². The Bertz CT molecular complexity index is 551. The number of benzene rings is 1. The van der Waals surface area contributed by atoms with E-state index in [1.165, 1.54) is 5.56 Å². The van der Waals surface area contributed by atoms with Gasteiger partial charge in [0, 0.05) is 31.8 Å². The molecule has 1 aromatic rings. The van der Waals surface area contributed by atoms with E-state index in [-0.39, 0.29) is 5.54 Å². The predicted molar refractivity (Wildman–Crippen MR) is 107 cm³/mol. The molecule has 0 radical (unpaired) electrons. The van der Waals surface area contributed by atoms with Crippen molar-refractivity contribution in [1.29, 1.82) is 0 Å². The zero-order valence-corrected chi connectivity index (χ0v) is 16.7. The summed E-state index contributed by atoms with van der Waals surface area (Å²) in [6.07, 6.45) is 2.99. The number of nitrogens with zero attached hydrogens (tertiary/aromatic N) is 2. The Morgan fingerprint density at radius 2 is 1.88 bits per heavy atom. The van der Waals surface area contributed by atoms with Crippen molar-refractivity contribution < 1.29 is 9.47 Å². The van der Waals surface area contributed by atoms with Crippen molar-refractivity contribution in [3.05, 3.63) is 29.8 Å². The Morgan fingerprint density at radius 1 is 1.19 bits per heavy atom. The molecule has 0 amide bonds. The van der Waals surface area contributed by atoms with Gasteiger partial charge in [0.1, 0.15) is 5.75 Å². The normalized spacial score (nSPS) is 17.2. The van der Waals surface area contributed by atoms with E-state index in [0.717, 1.165) is 63.8 Å². The first kappa shape index (κ1) is 20.5. The molecule has 1 fully saturated rings. The maximum Gasteiger partial charge on any atom is 0.191 e. The molecule has 1 heterocycles. The first-order valence-electron chi connectivity index (χ1n) is 9.50. The van der Waals surface area contributed by atoms with Crippen LogP contribution in [0.4, 0.5) is 0 Å². The Morgan fingerprint density at radius 3 is 2.46 bits per heavy atom. The summed E-state index contributed by atoms with van der Waals surface area (Å²) in [6, 6.07) is 8.21. The monoisotopic (exact) mass is 362 g/mol. The van der Waals surface area contributed by atoms with Crippen LogP contribution in [0.1, 0.15) is 25.3 Å². The summed E-state index contributed by atoms with van der Waals surface area (Å²) in [5, 5.41) is 6.80. The van der Waals surface area contributed by atoms with E-state index in [4.69, 9.17) is 14.5 Å². The SMILES string of the molecule is CCNC(=NCC1(N(C)C)CCOCC1)NCCc1ccc(OC)cc1. The van der Waals surface area contributed by atoms with Gasteiger partial charge in [0.15, 0.2) is 5.96 Å². The predicted octanol–water partition coefficient (Wildman–Crippen LogP) is 1.90. The van der Waals surface area contributed by atoms with E-state index in [1.54, 1.807) is 7.11 Å². The molecule has 0 unspecified atom stereocenters. The van der Waals surface area contributed by atoms with Crippen LogP contribution in [0.15, 0.2) is 29.3 Å². The molecular weight excluding hydrogens is 328 g/mol. The highest BCUT2D eigenvalue weighted by Gasteiger charge is 2.34. The highest BCUT2D eigenvalue weighted by Crippen LogP contribution is 2.26. The fourth-order valence-electron chi connectivity index (χ4n) is 3.18. The van der Waals surface area contributed by atoms with Gasteiger partial charge in [-0.1, -0.05) is 12.1 Å². The van der Waals surface area contributed by atoms with E-state index in [0.29, 0.717) is 0 Å². The van der Waals surface area contributed by atoms with E-state index in [2.05, 4.69) is 48.7 Å². The summed E-state index contributed by atoms with van der Waals surface area (Å²) < 4.78 is 10.7. The third-order valence-corrected chi connectivity index (χ3v) is 5.11. The number of hydrogen-bond acceptors (Lipinski definition) is 4. The molecule has 1 saturated heterocycles. The molecule has 0 atom stereocenters. The highest BCUT2D eigenvalue weighted by atomic mass is 16.5. The Hall–Kier alpha value is -1.79. The van der Waals surface area contributed by atoms with Crippen molar-refractivity contribution in [3.63, 3.8) is 0 Å². The molecule has 6 heteroatoms. The third-order valence-electron chi connectivity index (χ3n) is 5.11. The van der Waals surface area contributed by atoms with Crippen LogP contribution in [0, 0.1) is 0 Å². The fraction of sp³-hybridized carbons (Fsp3) is 0.650. The van der Waals surface area contributed by atoms with Gasteiger partial charge in [-0.25, -0.2) is 0 Å². The summed E-state index contributed by atoms with van der Waals surface area (Å²) in [5.41, 5.74) is 1.37. The van der Waals surface area contributed by atoms with Crippen LogP contribution in [-0.4, -0.2) is 70.5 Å². The number of hydrogen-bond donors (Lipinski definition) is 2. The summed E-state index contributed by atoms with van der Waals surface area (Å²) in [5.74, 6) is 1.77. The van der Waals surface area contributed by atoms with Gasteiger partial charge < -0.3 is 25.0 Å². The van der Waals surface area contributed by atoms with Crippen LogP contribution >= 0.6 is 0 Å². The zero-order valence-electron chi connectivity index (χ0n) is 16.7. The second-order valence-electron chi connectivity index (χ2n) is 6.95. The van der Waals surface area contributed by atoms with Crippen molar-refractivity contribution in [2.24, 2.45) is 4.99 Å². The second kappa shape index (κ2) is 10.4. The summed E-state index contributed by atoms with van der Waals surface area (Å²) in [4.78, 5) is 7.17. The molecule has 0 saturated carbocycles. The first-order valence-corrected chi connectivity index (χ1v) is 9.50. The molecule has 1 aromatic carbocycles. The van der Waals surface area contributed by atoms with Crippen molar-refractivity contribution in [3.8, 4) is 5.75 Å². The van der Waals surface area contributed by atoms with E-state index >= 15 is 0 Å². The van der Waals surface area contributed by atoms with Crippen molar-refractivity contribution >= 4 is 5.96 Å². The molecule has 1 aliphatic heterocycles. The van der Waals surface area contributed by atoms with E-state index in [9.17, 15) is 0 Å². The Kier molecular flexibility index (Phi) is 8.19. The van der Waals surface area contributed by atoms with E-state index in [1.807, 2.05) is 12.1 Å². The highest BCUT2D eigenvalue weighted by molar-refractivity contribution is 5.79. The van der Waals surface area contributed by atoms with Gasteiger partial charge in [0.2, 0.25) is 0 Å². The fourth-order valence-corrected chi connectivity index (χ4v) is 3.18. The zero-order chi connectivity index (χ0) is 18.8. The largest absolute Gasteiger partial charge is 0.497 e. The number of ether oxygens (including phenoxy) is 2. The van der Waals surface area contributed by atoms with Gasteiger partial charge in [-0.3, -0.25) is 4.99 Å². The lowest BCUT2D eigenvalue weighted by Crippen LogP contribution is -2.51. The summed E-state index contributed by atoms with van der Waals surface area (Å²) in [6.45, 7) is 6.20. The third kappa shape index (κ3) is 5.88. The molecule has 0 aromatic heterocycles. The van der Waals surface area contributed by atoms with Gasteiger partial charge in [-0.15, -0.1) is 0 Å². The van der Waals surface area contributed by atoms with Crippen LogP contribution in [0.5, 0.6) is 5.75 Å². The molecule has 146 valence electrons. The van der Waals surface area contributed by atoms with Gasteiger partial charge in [-0.05, 0) is 58.0 Å². The van der Waals surface area contributed by atoms with Crippen LogP contribution in [0.3, 0.4) is 0 Å². The lowest BCUT2D eigenvalue weighted by molar-refractivity contribution is -0.00254. The minimum atomic E-state index is 0.0938. The van der Waals surface area contributed by atoms with Gasteiger partial charge >= 0.3 is 0 Å². The van der Waals surface area contributed by atoms with Gasteiger partial charge in [0.05, 0.1) is 13.7 Å². The Labute approximate surface area is 158 Å². The molecule has 0 aliphatic carbocycles. The summed E-state index contributed by atoms with van der Waals surface area (Å²) in [7, 11) is 5.98. The number of nitrogens with one attached hydrogen (secondary N) is 2.